The van der Waals surface area contributed by atoms with Crippen LogP contribution in [0, 0.1) is 0 Å². The molecule has 1 aromatic rings. The second-order valence-electron chi connectivity index (χ2n) is 4.24. The van der Waals surface area contributed by atoms with E-state index in [1.54, 1.807) is 0 Å². The van der Waals surface area contributed by atoms with Crippen molar-refractivity contribution in [2.45, 2.75) is 37.8 Å². The number of aromatic carboxylic acids is 1. The molecule has 1 fully saturated rings. The van der Waals surface area contributed by atoms with Crippen LogP contribution in [-0.2, 0) is 6.42 Å². The number of aliphatic hydroxyl groups is 1. The summed E-state index contributed by atoms with van der Waals surface area (Å²) in [6.07, 6.45) is 2.35. The zero-order chi connectivity index (χ0) is 12.4. The maximum Gasteiger partial charge on any atom is 0.358 e. The van der Waals surface area contributed by atoms with Crippen molar-refractivity contribution in [1.29, 1.82) is 0 Å². The standard InChI is InChI=1S/C10H16N4O3/c11-5-4-7-9(10(16)17)12-13-14(7)6-2-1-3-8(6)15/h6,8,15H,1-5,11H2,(H,16,17). The van der Waals surface area contributed by atoms with Crippen molar-refractivity contribution >= 4 is 5.97 Å². The van der Waals surface area contributed by atoms with Gasteiger partial charge >= 0.3 is 5.97 Å². The topological polar surface area (TPSA) is 114 Å². The van der Waals surface area contributed by atoms with Crippen molar-refractivity contribution in [3.63, 3.8) is 0 Å². The lowest BCUT2D eigenvalue weighted by molar-refractivity contribution is 0.0688. The van der Waals surface area contributed by atoms with Crippen molar-refractivity contribution in [3.05, 3.63) is 11.4 Å². The first-order valence-electron chi connectivity index (χ1n) is 5.70. The molecule has 1 heterocycles. The molecule has 1 aromatic heterocycles. The Hall–Kier alpha value is -1.47. The van der Waals surface area contributed by atoms with Crippen LogP contribution in [-0.4, -0.2) is 43.8 Å². The SMILES string of the molecule is NCCc1c(C(=O)O)nnn1C1CCCC1O. The lowest BCUT2D eigenvalue weighted by Crippen LogP contribution is -2.23. The highest BCUT2D eigenvalue weighted by molar-refractivity contribution is 5.86. The first kappa shape index (κ1) is 12.0. The Kier molecular flexibility index (Phi) is 3.39. The van der Waals surface area contributed by atoms with Gasteiger partial charge in [0.1, 0.15) is 0 Å². The van der Waals surface area contributed by atoms with E-state index in [-0.39, 0.29) is 11.7 Å². The van der Waals surface area contributed by atoms with Gasteiger partial charge in [-0.2, -0.15) is 0 Å². The van der Waals surface area contributed by atoms with Gasteiger partial charge in [0.15, 0.2) is 5.69 Å². The summed E-state index contributed by atoms with van der Waals surface area (Å²) in [6.45, 7) is 0.330. The summed E-state index contributed by atoms with van der Waals surface area (Å²) in [5.74, 6) is -1.10. The molecule has 0 bridgehead atoms. The summed E-state index contributed by atoms with van der Waals surface area (Å²) in [5.41, 5.74) is 5.91. The van der Waals surface area contributed by atoms with E-state index in [4.69, 9.17) is 10.8 Å². The maximum atomic E-state index is 11.0. The van der Waals surface area contributed by atoms with E-state index in [0.29, 0.717) is 18.7 Å². The minimum absolute atomic E-state index is 0.0606. The van der Waals surface area contributed by atoms with Crippen molar-refractivity contribution in [1.82, 2.24) is 15.0 Å². The van der Waals surface area contributed by atoms with E-state index in [2.05, 4.69) is 10.3 Å². The van der Waals surface area contributed by atoms with Crippen LogP contribution in [0.5, 0.6) is 0 Å². The van der Waals surface area contributed by atoms with Crippen molar-refractivity contribution < 1.29 is 15.0 Å². The summed E-state index contributed by atoms with van der Waals surface area (Å²) >= 11 is 0. The number of hydrogen-bond acceptors (Lipinski definition) is 5. The van der Waals surface area contributed by atoms with E-state index in [9.17, 15) is 9.90 Å². The molecule has 1 aliphatic rings. The molecule has 0 spiro atoms. The van der Waals surface area contributed by atoms with Gasteiger partial charge in [0.25, 0.3) is 0 Å². The van der Waals surface area contributed by atoms with Crippen LogP contribution in [0.1, 0.15) is 41.5 Å². The van der Waals surface area contributed by atoms with Crippen LogP contribution >= 0.6 is 0 Å². The second-order valence-corrected chi connectivity index (χ2v) is 4.24. The fraction of sp³-hybridized carbons (Fsp3) is 0.700. The Morgan fingerprint density at radius 2 is 2.29 bits per heavy atom. The van der Waals surface area contributed by atoms with E-state index in [1.165, 1.54) is 4.68 Å². The molecule has 0 saturated heterocycles. The first-order valence-corrected chi connectivity index (χ1v) is 5.70. The molecular formula is C10H16N4O3. The predicted molar refractivity (Wildman–Crippen MR) is 58.6 cm³/mol. The molecule has 17 heavy (non-hydrogen) atoms. The normalized spacial score (nSPS) is 24.1. The zero-order valence-corrected chi connectivity index (χ0v) is 9.41. The third kappa shape index (κ3) is 2.16. The lowest BCUT2D eigenvalue weighted by Gasteiger charge is -2.17. The molecule has 2 unspecified atom stereocenters. The van der Waals surface area contributed by atoms with Crippen molar-refractivity contribution in [3.8, 4) is 0 Å². The van der Waals surface area contributed by atoms with Gasteiger partial charge in [0.05, 0.1) is 17.8 Å². The monoisotopic (exact) mass is 240 g/mol. The van der Waals surface area contributed by atoms with Crippen LogP contribution in [0.2, 0.25) is 0 Å². The molecule has 1 saturated carbocycles. The van der Waals surface area contributed by atoms with Crippen molar-refractivity contribution in [2.24, 2.45) is 5.73 Å². The summed E-state index contributed by atoms with van der Waals surface area (Å²) in [7, 11) is 0. The quantitative estimate of drug-likeness (QED) is 0.657. The molecule has 4 N–H and O–H groups in total. The Bertz CT molecular complexity index is 418. The molecule has 7 nitrogen and oxygen atoms in total. The lowest BCUT2D eigenvalue weighted by atomic mass is 10.1. The number of aliphatic hydroxyl groups excluding tert-OH is 1. The molecular weight excluding hydrogens is 224 g/mol. The Labute approximate surface area is 98.2 Å². The average Bonchev–Trinajstić information content (AvgIpc) is 2.85. The van der Waals surface area contributed by atoms with Gasteiger partial charge in [-0.25, -0.2) is 9.48 Å². The maximum absolute atomic E-state index is 11.0. The fourth-order valence-electron chi connectivity index (χ4n) is 2.32. The molecule has 0 aromatic carbocycles. The highest BCUT2D eigenvalue weighted by atomic mass is 16.4. The van der Waals surface area contributed by atoms with Crippen molar-refractivity contribution in [2.75, 3.05) is 6.54 Å². The molecule has 0 amide bonds. The zero-order valence-electron chi connectivity index (χ0n) is 9.41. The molecule has 1 aliphatic carbocycles. The highest BCUT2D eigenvalue weighted by Gasteiger charge is 2.31. The molecule has 0 aliphatic heterocycles. The summed E-state index contributed by atoms with van der Waals surface area (Å²) in [5, 5.41) is 26.3. The van der Waals surface area contributed by atoms with Gasteiger partial charge in [-0.05, 0) is 25.8 Å². The van der Waals surface area contributed by atoms with Crippen LogP contribution in [0.25, 0.3) is 0 Å². The fourth-order valence-corrected chi connectivity index (χ4v) is 2.32. The first-order chi connectivity index (χ1) is 8.15. The highest BCUT2D eigenvalue weighted by Crippen LogP contribution is 2.30. The minimum Gasteiger partial charge on any atom is -0.476 e. The van der Waals surface area contributed by atoms with Gasteiger partial charge in [-0.3, -0.25) is 0 Å². The Morgan fingerprint density at radius 3 is 2.82 bits per heavy atom. The van der Waals surface area contributed by atoms with E-state index < -0.39 is 12.1 Å². The molecule has 0 radical (unpaired) electrons. The number of nitrogens with zero attached hydrogens (tertiary/aromatic N) is 3. The number of hydrogen-bond donors (Lipinski definition) is 3. The molecule has 2 rings (SSSR count). The van der Waals surface area contributed by atoms with E-state index in [1.807, 2.05) is 0 Å². The number of carboxylic acids is 1. The minimum atomic E-state index is -1.10. The van der Waals surface area contributed by atoms with E-state index in [0.717, 1.165) is 19.3 Å². The molecule has 94 valence electrons. The summed E-state index contributed by atoms with van der Waals surface area (Å²) in [6, 6.07) is -0.169. The third-order valence-electron chi connectivity index (χ3n) is 3.13. The van der Waals surface area contributed by atoms with Gasteiger partial charge in [-0.1, -0.05) is 5.21 Å². The molecule has 7 heteroatoms. The van der Waals surface area contributed by atoms with Crippen LogP contribution in [0.3, 0.4) is 0 Å². The summed E-state index contributed by atoms with van der Waals surface area (Å²) < 4.78 is 1.54. The Morgan fingerprint density at radius 1 is 1.53 bits per heavy atom. The number of carbonyl (C=O) groups is 1. The van der Waals surface area contributed by atoms with Gasteiger partial charge < -0.3 is 15.9 Å². The Balaban J connectivity index is 2.36. The van der Waals surface area contributed by atoms with Gasteiger partial charge in [0, 0.05) is 6.42 Å². The summed E-state index contributed by atoms with van der Waals surface area (Å²) in [4.78, 5) is 11.0. The van der Waals surface area contributed by atoms with Gasteiger partial charge in [0.2, 0.25) is 0 Å². The predicted octanol–water partition coefficient (Wildman–Crippen LogP) is -0.437. The van der Waals surface area contributed by atoms with Crippen LogP contribution < -0.4 is 5.73 Å². The van der Waals surface area contributed by atoms with Crippen LogP contribution in [0.15, 0.2) is 0 Å². The number of nitrogens with two attached hydrogens (primary N) is 1. The third-order valence-corrected chi connectivity index (χ3v) is 3.13. The smallest absolute Gasteiger partial charge is 0.358 e. The molecule has 2 atom stereocenters. The van der Waals surface area contributed by atoms with E-state index >= 15 is 0 Å². The van der Waals surface area contributed by atoms with Gasteiger partial charge in [-0.15, -0.1) is 5.10 Å². The number of rotatable bonds is 4. The number of carboxylic acid groups (broad SMARTS) is 1. The number of aromatic nitrogens is 3. The average molecular weight is 240 g/mol. The second kappa shape index (κ2) is 4.80. The largest absolute Gasteiger partial charge is 0.476 e. The van der Waals surface area contributed by atoms with Crippen LogP contribution in [0.4, 0.5) is 0 Å².